The van der Waals surface area contributed by atoms with Crippen LogP contribution < -0.4 is 0 Å². The Morgan fingerprint density at radius 3 is 2.37 bits per heavy atom. The summed E-state index contributed by atoms with van der Waals surface area (Å²) in [4.78, 5) is 0.331. The second-order valence-electron chi connectivity index (χ2n) is 4.61. The molecule has 0 amide bonds. The molecule has 0 heterocycles. The molecule has 19 heavy (non-hydrogen) atoms. The number of benzene rings is 1. The number of aryl methyl sites for hydroxylation is 1. The monoisotopic (exact) mass is 280 g/mol. The molecule has 0 radical (unpaired) electrons. The van der Waals surface area contributed by atoms with Crippen molar-refractivity contribution in [3.8, 4) is 6.07 Å². The van der Waals surface area contributed by atoms with E-state index in [-0.39, 0.29) is 0 Å². The van der Waals surface area contributed by atoms with Crippen molar-refractivity contribution in [3.63, 3.8) is 0 Å². The Morgan fingerprint density at radius 2 is 1.79 bits per heavy atom. The summed E-state index contributed by atoms with van der Waals surface area (Å²) in [5, 5.41) is 8.42. The van der Waals surface area contributed by atoms with E-state index >= 15 is 0 Å². The minimum atomic E-state index is -3.38. The van der Waals surface area contributed by atoms with Gasteiger partial charge in [-0.05, 0) is 31.9 Å². The van der Waals surface area contributed by atoms with Crippen molar-refractivity contribution in [2.45, 2.75) is 37.5 Å². The van der Waals surface area contributed by atoms with Crippen LogP contribution in [0.2, 0.25) is 0 Å². The van der Waals surface area contributed by atoms with Crippen LogP contribution in [0.4, 0.5) is 0 Å². The average molecular weight is 280 g/mol. The highest BCUT2D eigenvalue weighted by molar-refractivity contribution is 7.89. The minimum absolute atomic E-state index is 0.331. The SMILES string of the molecule is Cc1ccc(S(=O)(=O)N(C)CCCCCC#N)cc1. The largest absolute Gasteiger partial charge is 0.242 e. The zero-order chi connectivity index (χ0) is 14.3. The highest BCUT2D eigenvalue weighted by Gasteiger charge is 2.19. The van der Waals surface area contributed by atoms with Gasteiger partial charge in [0.15, 0.2) is 0 Å². The molecule has 0 bridgehead atoms. The van der Waals surface area contributed by atoms with E-state index in [4.69, 9.17) is 5.26 Å². The lowest BCUT2D eigenvalue weighted by Crippen LogP contribution is -2.27. The van der Waals surface area contributed by atoms with Crippen LogP contribution in [-0.2, 0) is 10.0 Å². The number of hydrogen-bond acceptors (Lipinski definition) is 3. The van der Waals surface area contributed by atoms with E-state index in [9.17, 15) is 8.42 Å². The standard InChI is InChI=1S/C14H20N2O2S/c1-13-7-9-14(10-8-13)19(17,18)16(2)12-6-4-3-5-11-15/h7-10H,3-6,12H2,1-2H3. The van der Waals surface area contributed by atoms with Crippen LogP contribution in [0.5, 0.6) is 0 Å². The van der Waals surface area contributed by atoms with E-state index in [0.29, 0.717) is 17.9 Å². The summed E-state index contributed by atoms with van der Waals surface area (Å²) in [6.07, 6.45) is 3.02. The fraction of sp³-hybridized carbons (Fsp3) is 0.500. The van der Waals surface area contributed by atoms with Gasteiger partial charge >= 0.3 is 0 Å². The second-order valence-corrected chi connectivity index (χ2v) is 6.65. The molecular weight excluding hydrogens is 260 g/mol. The lowest BCUT2D eigenvalue weighted by atomic mass is 10.2. The summed E-state index contributed by atoms with van der Waals surface area (Å²) in [6, 6.07) is 8.96. The third kappa shape index (κ3) is 4.66. The third-order valence-electron chi connectivity index (χ3n) is 2.99. The Kier molecular flexibility index (Phi) is 6.00. The molecule has 0 unspecified atom stereocenters. The number of unbranched alkanes of at least 4 members (excludes halogenated alkanes) is 3. The molecular formula is C14H20N2O2S. The molecule has 0 atom stereocenters. The smallest absolute Gasteiger partial charge is 0.207 e. The zero-order valence-electron chi connectivity index (χ0n) is 11.5. The van der Waals surface area contributed by atoms with E-state index in [0.717, 1.165) is 24.8 Å². The average Bonchev–Trinajstić information content (AvgIpc) is 2.38. The van der Waals surface area contributed by atoms with Crippen molar-refractivity contribution in [3.05, 3.63) is 29.8 Å². The predicted octanol–water partition coefficient (Wildman–Crippen LogP) is 2.70. The molecule has 0 aliphatic rings. The summed E-state index contributed by atoms with van der Waals surface area (Å²) in [7, 11) is -1.78. The Labute approximate surface area is 115 Å². The number of rotatable bonds is 7. The maximum atomic E-state index is 12.2. The molecule has 5 heteroatoms. The van der Waals surface area contributed by atoms with Crippen LogP contribution in [0.1, 0.15) is 31.2 Å². The summed E-state index contributed by atoms with van der Waals surface area (Å²) < 4.78 is 25.9. The van der Waals surface area contributed by atoms with Crippen LogP contribution in [0.25, 0.3) is 0 Å². The maximum Gasteiger partial charge on any atom is 0.242 e. The van der Waals surface area contributed by atoms with Crippen molar-refractivity contribution < 1.29 is 8.42 Å². The van der Waals surface area contributed by atoms with Gasteiger partial charge in [-0.2, -0.15) is 5.26 Å². The highest BCUT2D eigenvalue weighted by atomic mass is 32.2. The lowest BCUT2D eigenvalue weighted by molar-refractivity contribution is 0.453. The number of nitrogens with zero attached hydrogens (tertiary/aromatic N) is 2. The first kappa shape index (κ1) is 15.7. The lowest BCUT2D eigenvalue weighted by Gasteiger charge is -2.17. The Hall–Kier alpha value is -1.38. The van der Waals surface area contributed by atoms with Gasteiger partial charge < -0.3 is 0 Å². The fourth-order valence-electron chi connectivity index (χ4n) is 1.73. The molecule has 0 saturated heterocycles. The normalized spacial score (nSPS) is 11.5. The van der Waals surface area contributed by atoms with E-state index in [1.807, 2.05) is 6.92 Å². The Morgan fingerprint density at radius 1 is 1.16 bits per heavy atom. The minimum Gasteiger partial charge on any atom is -0.207 e. The third-order valence-corrected chi connectivity index (χ3v) is 4.86. The van der Waals surface area contributed by atoms with Gasteiger partial charge in [0.2, 0.25) is 10.0 Å². The van der Waals surface area contributed by atoms with Crippen LogP contribution >= 0.6 is 0 Å². The molecule has 0 fully saturated rings. The molecule has 1 rings (SSSR count). The van der Waals surface area contributed by atoms with Crippen molar-refractivity contribution in [1.29, 1.82) is 5.26 Å². The maximum absolute atomic E-state index is 12.2. The highest BCUT2D eigenvalue weighted by Crippen LogP contribution is 2.15. The number of sulfonamides is 1. The summed E-state index contributed by atoms with van der Waals surface area (Å²) in [5.74, 6) is 0. The molecule has 0 spiro atoms. The van der Waals surface area contributed by atoms with E-state index in [2.05, 4.69) is 6.07 Å². The van der Waals surface area contributed by atoms with E-state index < -0.39 is 10.0 Å². The Bertz CT molecular complexity index is 530. The van der Waals surface area contributed by atoms with Gasteiger partial charge in [0.05, 0.1) is 11.0 Å². The molecule has 0 aromatic heterocycles. The van der Waals surface area contributed by atoms with Crippen molar-refractivity contribution in [2.75, 3.05) is 13.6 Å². The van der Waals surface area contributed by atoms with Crippen molar-refractivity contribution in [1.82, 2.24) is 4.31 Å². The van der Waals surface area contributed by atoms with Gasteiger partial charge in [0.25, 0.3) is 0 Å². The quantitative estimate of drug-likeness (QED) is 0.721. The van der Waals surface area contributed by atoms with Gasteiger partial charge in [0, 0.05) is 20.0 Å². The van der Waals surface area contributed by atoms with Gasteiger partial charge in [-0.15, -0.1) is 0 Å². The van der Waals surface area contributed by atoms with Crippen LogP contribution in [0, 0.1) is 18.3 Å². The van der Waals surface area contributed by atoms with Crippen molar-refractivity contribution in [2.24, 2.45) is 0 Å². The first-order chi connectivity index (χ1) is 8.98. The van der Waals surface area contributed by atoms with Gasteiger partial charge in [-0.25, -0.2) is 12.7 Å². The van der Waals surface area contributed by atoms with E-state index in [1.165, 1.54) is 4.31 Å². The van der Waals surface area contributed by atoms with Gasteiger partial charge in [-0.3, -0.25) is 0 Å². The van der Waals surface area contributed by atoms with Gasteiger partial charge in [0.1, 0.15) is 0 Å². The molecule has 104 valence electrons. The summed E-state index contributed by atoms with van der Waals surface area (Å²) in [6.45, 7) is 2.41. The zero-order valence-corrected chi connectivity index (χ0v) is 12.3. The first-order valence-corrected chi connectivity index (χ1v) is 7.82. The molecule has 0 aliphatic carbocycles. The topological polar surface area (TPSA) is 61.2 Å². The summed E-state index contributed by atoms with van der Waals surface area (Å²) >= 11 is 0. The number of nitriles is 1. The number of hydrogen-bond donors (Lipinski definition) is 0. The molecule has 0 saturated carbocycles. The Balaban J connectivity index is 2.57. The fourth-order valence-corrected chi connectivity index (χ4v) is 2.94. The van der Waals surface area contributed by atoms with E-state index in [1.54, 1.807) is 31.3 Å². The molecule has 1 aromatic carbocycles. The van der Waals surface area contributed by atoms with Gasteiger partial charge in [-0.1, -0.05) is 24.1 Å². The molecule has 0 N–H and O–H groups in total. The second kappa shape index (κ2) is 7.27. The molecule has 4 nitrogen and oxygen atoms in total. The van der Waals surface area contributed by atoms with Crippen molar-refractivity contribution >= 4 is 10.0 Å². The molecule has 0 aliphatic heterocycles. The van der Waals surface area contributed by atoms with Crippen LogP contribution in [0.3, 0.4) is 0 Å². The molecule has 1 aromatic rings. The van der Waals surface area contributed by atoms with Crippen LogP contribution in [0.15, 0.2) is 29.2 Å². The predicted molar refractivity (Wildman–Crippen MR) is 75.1 cm³/mol. The van der Waals surface area contributed by atoms with Crippen LogP contribution in [-0.4, -0.2) is 26.3 Å². The first-order valence-electron chi connectivity index (χ1n) is 6.38. The summed E-state index contributed by atoms with van der Waals surface area (Å²) in [5.41, 5.74) is 1.04.